The molecule has 0 aromatic rings. The predicted octanol–water partition coefficient (Wildman–Crippen LogP) is 24.0. The summed E-state index contributed by atoms with van der Waals surface area (Å²) in [5.74, 6) is -1.37. The highest BCUT2D eigenvalue weighted by Gasteiger charge is 2.30. The average Bonchev–Trinajstić information content (AvgIpc) is 0.929. The molecule has 3 unspecified atom stereocenters. The van der Waals surface area contributed by atoms with E-state index in [4.69, 9.17) is 37.0 Å². The minimum Gasteiger partial charge on any atom is -0.462 e. The number of esters is 4. The maximum absolute atomic E-state index is 13.1. The van der Waals surface area contributed by atoms with Gasteiger partial charge in [-0.05, 0) is 57.3 Å². The summed E-state index contributed by atoms with van der Waals surface area (Å²) in [5.41, 5.74) is 0. The summed E-state index contributed by atoms with van der Waals surface area (Å²) in [6, 6.07) is 0. The van der Waals surface area contributed by atoms with Crippen molar-refractivity contribution in [3.8, 4) is 0 Å². The van der Waals surface area contributed by atoms with Crippen LogP contribution >= 0.6 is 15.6 Å². The van der Waals surface area contributed by atoms with E-state index in [1.807, 2.05) is 0 Å². The Kier molecular flexibility index (Phi) is 71.6. The quantitative estimate of drug-likeness (QED) is 0.0169. The van der Waals surface area contributed by atoms with Crippen molar-refractivity contribution in [1.82, 2.24) is 0 Å². The number of ether oxygens (including phenoxy) is 4. The van der Waals surface area contributed by atoms with Gasteiger partial charge in [0.2, 0.25) is 0 Å². The molecular formula is C81H154O17P2. The molecule has 3 N–H and O–H groups in total. The van der Waals surface area contributed by atoms with E-state index in [0.717, 1.165) is 115 Å². The molecule has 0 saturated heterocycles. The molecule has 0 fully saturated rings. The molecule has 100 heavy (non-hydrogen) atoms. The smallest absolute Gasteiger partial charge is 0.462 e. The Hall–Kier alpha value is -2.46. The van der Waals surface area contributed by atoms with Gasteiger partial charge in [-0.2, -0.15) is 0 Å². The Morgan fingerprint density at radius 1 is 0.320 bits per heavy atom. The molecule has 0 bridgehead atoms. The fourth-order valence-electron chi connectivity index (χ4n) is 12.0. The molecule has 0 aromatic heterocycles. The summed E-state index contributed by atoms with van der Waals surface area (Å²) < 4.78 is 68.6. The minimum atomic E-state index is -4.97. The Morgan fingerprint density at radius 3 is 0.850 bits per heavy atom. The molecule has 0 aliphatic rings. The molecule has 0 heterocycles. The molecule has 0 rings (SSSR count). The van der Waals surface area contributed by atoms with E-state index in [2.05, 4.69) is 58.9 Å². The van der Waals surface area contributed by atoms with Crippen LogP contribution in [-0.4, -0.2) is 96.7 Å². The summed E-state index contributed by atoms with van der Waals surface area (Å²) in [7, 11) is -9.93. The lowest BCUT2D eigenvalue weighted by atomic mass is 9.99. The number of hydrogen-bond donors (Lipinski definition) is 3. The molecule has 0 aliphatic carbocycles. The van der Waals surface area contributed by atoms with Crippen LogP contribution in [0.3, 0.4) is 0 Å². The number of aliphatic hydroxyl groups is 1. The monoisotopic (exact) mass is 1460 g/mol. The Bertz CT molecular complexity index is 2010. The van der Waals surface area contributed by atoms with E-state index < -0.39 is 97.5 Å². The zero-order valence-corrected chi connectivity index (χ0v) is 66.6. The van der Waals surface area contributed by atoms with E-state index in [1.54, 1.807) is 0 Å². The van der Waals surface area contributed by atoms with Gasteiger partial charge in [0.15, 0.2) is 12.2 Å². The van der Waals surface area contributed by atoms with Gasteiger partial charge in [0.05, 0.1) is 26.4 Å². The molecule has 0 saturated carbocycles. The first kappa shape index (κ1) is 97.5. The third-order valence-electron chi connectivity index (χ3n) is 18.8. The molecule has 590 valence electrons. The second-order valence-corrected chi connectivity index (χ2v) is 31.6. The molecule has 6 atom stereocenters. The van der Waals surface area contributed by atoms with Gasteiger partial charge in [0.25, 0.3) is 0 Å². The van der Waals surface area contributed by atoms with Gasteiger partial charge in [-0.15, -0.1) is 0 Å². The van der Waals surface area contributed by atoms with E-state index in [9.17, 15) is 43.2 Å². The third kappa shape index (κ3) is 72.5. The van der Waals surface area contributed by atoms with Crippen LogP contribution < -0.4 is 0 Å². The molecule has 0 radical (unpaired) electrons. The van der Waals surface area contributed by atoms with Gasteiger partial charge in [-0.1, -0.05) is 354 Å². The van der Waals surface area contributed by atoms with Crippen LogP contribution in [0, 0.1) is 5.92 Å². The van der Waals surface area contributed by atoms with Gasteiger partial charge in [-0.25, -0.2) is 9.13 Å². The first-order valence-corrected chi connectivity index (χ1v) is 44.5. The Labute approximate surface area is 612 Å². The van der Waals surface area contributed by atoms with Gasteiger partial charge >= 0.3 is 39.5 Å². The zero-order valence-electron chi connectivity index (χ0n) is 64.8. The number of rotatable bonds is 79. The van der Waals surface area contributed by atoms with E-state index in [1.165, 1.54) is 212 Å². The number of hydrogen-bond acceptors (Lipinski definition) is 15. The number of carbonyl (C=O) groups is 4. The normalized spacial score (nSPS) is 14.3. The van der Waals surface area contributed by atoms with Crippen LogP contribution in [0.25, 0.3) is 0 Å². The second kappa shape index (κ2) is 73.4. The SMILES string of the molecule is CCCCCC/C=C\C=C/CCCCCCCC(=O)OC[C@H](COP(=O)(O)OC[C@@H](O)COP(=O)(O)OC[C@@H](COC(=O)CCCCCCCCCCCCC)OC(=O)CCCCCCCCCCC(C)CC)OC(=O)CCCCCCCCCCCCCCCCCCCCCCCC. The molecule has 0 aliphatic heterocycles. The van der Waals surface area contributed by atoms with Crippen molar-refractivity contribution < 1.29 is 80.2 Å². The predicted molar refractivity (Wildman–Crippen MR) is 409 cm³/mol. The Morgan fingerprint density at radius 2 is 0.560 bits per heavy atom. The summed E-state index contributed by atoms with van der Waals surface area (Å²) in [5, 5.41) is 10.6. The third-order valence-corrected chi connectivity index (χ3v) is 20.7. The lowest BCUT2D eigenvalue weighted by Crippen LogP contribution is -2.30. The minimum absolute atomic E-state index is 0.102. The lowest BCUT2D eigenvalue weighted by molar-refractivity contribution is -0.161. The highest BCUT2D eigenvalue weighted by Crippen LogP contribution is 2.45. The number of phosphoric ester groups is 2. The fraction of sp³-hybridized carbons (Fsp3) is 0.901. The van der Waals surface area contributed by atoms with E-state index >= 15 is 0 Å². The molecule has 0 amide bonds. The summed E-state index contributed by atoms with van der Waals surface area (Å²) in [6.07, 6.45) is 67.5. The summed E-state index contributed by atoms with van der Waals surface area (Å²) in [4.78, 5) is 72.9. The number of allylic oxidation sites excluding steroid dienone is 4. The van der Waals surface area contributed by atoms with Crippen molar-refractivity contribution >= 4 is 39.5 Å². The first-order valence-electron chi connectivity index (χ1n) is 41.5. The van der Waals surface area contributed by atoms with Crippen LogP contribution in [-0.2, 0) is 65.4 Å². The molecule has 17 nitrogen and oxygen atoms in total. The number of carbonyl (C=O) groups excluding carboxylic acids is 4. The van der Waals surface area contributed by atoms with Crippen molar-refractivity contribution in [1.29, 1.82) is 0 Å². The number of aliphatic hydroxyl groups excluding tert-OH is 1. The van der Waals surface area contributed by atoms with Crippen molar-refractivity contribution in [2.24, 2.45) is 5.92 Å². The molecule has 0 spiro atoms. The summed E-state index contributed by atoms with van der Waals surface area (Å²) >= 11 is 0. The Balaban J connectivity index is 5.24. The largest absolute Gasteiger partial charge is 0.472 e. The number of unbranched alkanes of at least 4 members (excludes halogenated alkanes) is 47. The zero-order chi connectivity index (χ0) is 73.4. The maximum atomic E-state index is 13.1. The van der Waals surface area contributed by atoms with Gasteiger partial charge in [0.1, 0.15) is 19.3 Å². The fourth-order valence-corrected chi connectivity index (χ4v) is 13.6. The van der Waals surface area contributed by atoms with Gasteiger partial charge in [-0.3, -0.25) is 37.3 Å². The lowest BCUT2D eigenvalue weighted by Gasteiger charge is -2.21. The first-order chi connectivity index (χ1) is 48.6. The highest BCUT2D eigenvalue weighted by molar-refractivity contribution is 7.47. The van der Waals surface area contributed by atoms with E-state index in [-0.39, 0.29) is 25.7 Å². The van der Waals surface area contributed by atoms with Crippen LogP contribution in [0.5, 0.6) is 0 Å². The van der Waals surface area contributed by atoms with Gasteiger partial charge < -0.3 is 33.8 Å². The van der Waals surface area contributed by atoms with Crippen LogP contribution in [0.1, 0.15) is 407 Å². The molecule has 19 heteroatoms. The van der Waals surface area contributed by atoms with Crippen LogP contribution in [0.15, 0.2) is 24.3 Å². The molecular weight excluding hydrogens is 1310 g/mol. The number of phosphoric acid groups is 2. The van der Waals surface area contributed by atoms with E-state index in [0.29, 0.717) is 25.7 Å². The van der Waals surface area contributed by atoms with Crippen LogP contribution in [0.2, 0.25) is 0 Å². The van der Waals surface area contributed by atoms with Crippen molar-refractivity contribution in [3.63, 3.8) is 0 Å². The summed E-state index contributed by atoms with van der Waals surface area (Å²) in [6.45, 7) is 7.24. The van der Waals surface area contributed by atoms with Crippen molar-refractivity contribution in [3.05, 3.63) is 24.3 Å². The highest BCUT2D eigenvalue weighted by atomic mass is 31.2. The van der Waals surface area contributed by atoms with Gasteiger partial charge in [0, 0.05) is 25.7 Å². The van der Waals surface area contributed by atoms with Crippen molar-refractivity contribution in [2.75, 3.05) is 39.6 Å². The topological polar surface area (TPSA) is 237 Å². The average molecular weight is 1460 g/mol. The van der Waals surface area contributed by atoms with Crippen LogP contribution in [0.4, 0.5) is 0 Å². The van der Waals surface area contributed by atoms with Crippen molar-refractivity contribution in [2.45, 2.75) is 425 Å². The molecule has 0 aromatic carbocycles. The standard InChI is InChI=1S/C81H154O17P2/c1-6-10-13-16-19-22-25-27-29-30-31-32-33-34-35-37-39-42-45-51-56-61-66-80(85)97-76(70-92-79(84)65-60-55-50-44-41-38-36-28-26-23-20-17-14-11-7-2)72-95-99(87,88)93-68-75(82)69-94-100(89,90)96-73-77(71-91-78(83)64-59-54-49-43-40-24-21-18-15-12-8-3)98-81(86)67-62-57-52-47-46-48-53-58-63-74(5)9-4/h23,26,28,36,74-77,82H,6-22,24-25,27,29-35,37-73H2,1-5H3,(H,87,88)(H,89,90)/b26-23-,36-28-/t74?,75-,76-,77-/m1/s1. The maximum Gasteiger partial charge on any atom is 0.472 e. The second-order valence-electron chi connectivity index (χ2n) is 28.7.